The topological polar surface area (TPSA) is 390 Å². The van der Waals surface area contributed by atoms with E-state index in [1.807, 2.05) is 0 Å². The van der Waals surface area contributed by atoms with E-state index in [-0.39, 0.29) is 107 Å². The maximum atomic E-state index is 11.8. The second-order valence-electron chi connectivity index (χ2n) is 15.1. The molecule has 4 aromatic carbocycles. The van der Waals surface area contributed by atoms with Crippen LogP contribution in [-0.4, -0.2) is 117 Å². The van der Waals surface area contributed by atoms with Gasteiger partial charge >= 0.3 is 0 Å². The van der Waals surface area contributed by atoms with Crippen molar-refractivity contribution in [2.45, 2.75) is 49.3 Å². The SMILES string of the molecule is Cc1cc(Cc2nc(Cc3cc(C)c(N=Nc4ccc(Cl)c(S(=O)(=O)O)c4)cc3OCCCS(=O)(=O)O)nc(NCCS(=O)(=O)O)n2)c(OCCCS(=O)(=O)O)cc1N=Nc1ccc(Cl)c(S(=O)(=O)O)c1. The van der Waals surface area contributed by atoms with Crippen molar-refractivity contribution in [1.29, 1.82) is 0 Å². The van der Waals surface area contributed by atoms with Gasteiger partial charge in [-0.3, -0.25) is 22.8 Å². The van der Waals surface area contributed by atoms with Gasteiger partial charge in [-0.25, -0.2) is 4.98 Å². The lowest BCUT2D eigenvalue weighted by molar-refractivity contribution is 0.313. The van der Waals surface area contributed by atoms with E-state index in [0.717, 1.165) is 12.1 Å². The number of azo groups is 2. The van der Waals surface area contributed by atoms with Crippen molar-refractivity contribution in [3.63, 3.8) is 0 Å². The van der Waals surface area contributed by atoms with Crippen LogP contribution in [-0.2, 0) is 63.4 Å². The van der Waals surface area contributed by atoms with Gasteiger partial charge in [0.05, 0.1) is 63.3 Å². The molecule has 5 rings (SSSR count). The summed E-state index contributed by atoms with van der Waals surface area (Å²) in [6, 6.07) is 13.1. The zero-order chi connectivity index (χ0) is 52.5. The molecule has 1 heterocycles. The van der Waals surface area contributed by atoms with Gasteiger partial charge in [0, 0.05) is 42.6 Å². The number of hydrogen-bond acceptors (Lipinski definition) is 20. The van der Waals surface area contributed by atoms with Crippen molar-refractivity contribution >= 4 is 102 Å². The van der Waals surface area contributed by atoms with E-state index in [9.17, 15) is 64.9 Å². The second kappa shape index (κ2) is 23.4. The molecule has 0 spiro atoms. The molecule has 25 nitrogen and oxygen atoms in total. The van der Waals surface area contributed by atoms with E-state index >= 15 is 0 Å². The Bertz CT molecular complexity index is 3250. The molecule has 0 radical (unpaired) electrons. The fraction of sp³-hybridized carbons (Fsp3) is 0.308. The van der Waals surface area contributed by atoms with Gasteiger partial charge in [-0.05, 0) is 86.3 Å². The maximum absolute atomic E-state index is 11.8. The highest BCUT2D eigenvalue weighted by Gasteiger charge is 2.20. The summed E-state index contributed by atoms with van der Waals surface area (Å²) in [5.74, 6) is -1.87. The normalized spacial score (nSPS) is 12.7. The van der Waals surface area contributed by atoms with Crippen molar-refractivity contribution < 1.29 is 74.3 Å². The van der Waals surface area contributed by atoms with Gasteiger partial charge in [-0.1, -0.05) is 23.2 Å². The highest BCUT2D eigenvalue weighted by atomic mass is 35.5. The van der Waals surface area contributed by atoms with Gasteiger partial charge in [0.15, 0.2) is 0 Å². The van der Waals surface area contributed by atoms with Crippen molar-refractivity contribution in [2.75, 3.05) is 42.3 Å². The molecule has 71 heavy (non-hydrogen) atoms. The summed E-state index contributed by atoms with van der Waals surface area (Å²) in [5, 5.41) is 18.7. The second-order valence-corrected chi connectivity index (χ2v) is 23.4. The van der Waals surface area contributed by atoms with Crippen LogP contribution in [0.15, 0.2) is 90.9 Å². The molecule has 6 N–H and O–H groups in total. The Morgan fingerprint density at radius 2 is 0.930 bits per heavy atom. The number of nitrogens with one attached hydrogen (secondary N) is 1. The Kier molecular flexibility index (Phi) is 18.7. The Balaban J connectivity index is 1.56. The van der Waals surface area contributed by atoms with E-state index in [0.29, 0.717) is 22.3 Å². The number of aromatic nitrogens is 3. The van der Waals surface area contributed by atoms with E-state index in [1.54, 1.807) is 26.0 Å². The zero-order valence-electron chi connectivity index (χ0n) is 36.9. The Morgan fingerprint density at radius 1 is 0.535 bits per heavy atom. The summed E-state index contributed by atoms with van der Waals surface area (Å²) in [6.45, 7) is 2.45. The molecule has 0 unspecified atom stereocenters. The van der Waals surface area contributed by atoms with Gasteiger partial charge in [-0.2, -0.15) is 72.5 Å². The van der Waals surface area contributed by atoms with E-state index in [4.69, 9.17) is 32.7 Å². The highest BCUT2D eigenvalue weighted by Crippen LogP contribution is 2.35. The molecule has 0 fully saturated rings. The molecule has 32 heteroatoms. The predicted molar refractivity (Wildman–Crippen MR) is 257 cm³/mol. The molecule has 0 aliphatic heterocycles. The Morgan fingerprint density at radius 3 is 1.30 bits per heavy atom. The smallest absolute Gasteiger partial charge is 0.296 e. The molecular formula is C39H42Cl2N8O17S5. The third kappa shape index (κ3) is 18.3. The Hall–Kier alpha value is -5.38. The van der Waals surface area contributed by atoms with E-state index < -0.39 is 77.6 Å². The van der Waals surface area contributed by atoms with Crippen molar-refractivity contribution in [3.05, 3.63) is 105 Å². The summed E-state index contributed by atoms with van der Waals surface area (Å²) in [6.07, 6.45) is -0.602. The minimum Gasteiger partial charge on any atom is -0.493 e. The summed E-state index contributed by atoms with van der Waals surface area (Å²) < 4.78 is 175. The minimum atomic E-state index is -4.72. The van der Waals surface area contributed by atoms with E-state index in [1.165, 1.54) is 36.4 Å². The van der Waals surface area contributed by atoms with Gasteiger partial charge in [0.1, 0.15) is 32.9 Å². The van der Waals surface area contributed by atoms with Crippen LogP contribution >= 0.6 is 23.2 Å². The number of benzene rings is 4. The zero-order valence-corrected chi connectivity index (χ0v) is 42.5. The van der Waals surface area contributed by atoms with Crippen molar-refractivity contribution in [2.24, 2.45) is 20.5 Å². The third-order valence-corrected chi connectivity index (χ3v) is 14.4. The minimum absolute atomic E-state index is 0.0106. The molecular weight excluding hydrogens is 1080 g/mol. The maximum Gasteiger partial charge on any atom is 0.296 e. The van der Waals surface area contributed by atoms with Gasteiger partial charge < -0.3 is 14.8 Å². The lowest BCUT2D eigenvalue weighted by Crippen LogP contribution is -2.18. The average molecular weight is 1130 g/mol. The highest BCUT2D eigenvalue weighted by molar-refractivity contribution is 7.86. The molecule has 0 saturated heterocycles. The average Bonchev–Trinajstić information content (AvgIpc) is 3.23. The standard InChI is InChI=1S/C39H42Cl2N8O17S5/c1-23-15-25(33(65-10-3-12-67(50,51)52)21-31(23)48-46-27-5-7-29(40)35(19-27)70(59,60)61)17-37-43-38(45-39(44-37)42-9-14-69(56,57)58)18-26-16-24(2)32(22-34(26)66-11-4-13-68(53,54)55)49-47-28-6-8-30(41)36(20-28)71(62,63)64/h5-8,15-16,19-22H,3-4,9-14,17-18H2,1-2H3,(H,50,51,52)(H,53,54,55)(H,56,57,58)(H,59,60,61)(H,62,63,64)(H,42,43,44,45). The molecule has 0 amide bonds. The number of aryl methyl sites for hydroxylation is 2. The summed E-state index contributed by atoms with van der Waals surface area (Å²) >= 11 is 11.9. The van der Waals surface area contributed by atoms with Crippen LogP contribution in [0.2, 0.25) is 10.0 Å². The van der Waals surface area contributed by atoms with Crippen molar-refractivity contribution in [1.82, 2.24) is 15.0 Å². The van der Waals surface area contributed by atoms with Crippen LogP contribution in [0.4, 0.5) is 28.7 Å². The lowest BCUT2D eigenvalue weighted by atomic mass is 10.0. The number of anilines is 1. The van der Waals surface area contributed by atoms with Crippen LogP contribution < -0.4 is 14.8 Å². The number of halogens is 2. The quantitative estimate of drug-likeness (QED) is 0.0207. The fourth-order valence-electron chi connectivity index (χ4n) is 6.15. The number of ether oxygens (including phenoxy) is 2. The monoisotopic (exact) mass is 1120 g/mol. The van der Waals surface area contributed by atoms with Crippen LogP contribution in [0.25, 0.3) is 0 Å². The molecule has 0 aliphatic rings. The number of nitrogens with zero attached hydrogens (tertiary/aromatic N) is 7. The molecule has 1 aromatic heterocycles. The molecule has 0 aliphatic carbocycles. The molecule has 0 atom stereocenters. The molecule has 384 valence electrons. The summed E-state index contributed by atoms with van der Waals surface area (Å²) in [5.41, 5.74) is 2.05. The fourth-order valence-corrected chi connectivity index (χ4v) is 9.46. The largest absolute Gasteiger partial charge is 0.493 e. The molecule has 5 aromatic rings. The first kappa shape index (κ1) is 56.5. The van der Waals surface area contributed by atoms with Gasteiger partial charge in [-0.15, -0.1) is 0 Å². The third-order valence-electron chi connectivity index (χ3n) is 9.37. The summed E-state index contributed by atoms with van der Waals surface area (Å²) in [7, 11) is -22.6. The van der Waals surface area contributed by atoms with Crippen LogP contribution in [0.5, 0.6) is 11.5 Å². The lowest BCUT2D eigenvalue weighted by Gasteiger charge is -2.16. The van der Waals surface area contributed by atoms with Crippen LogP contribution in [0, 0.1) is 13.8 Å². The van der Waals surface area contributed by atoms with Crippen LogP contribution in [0.1, 0.15) is 46.7 Å². The molecule has 0 saturated carbocycles. The first-order valence-electron chi connectivity index (χ1n) is 20.2. The van der Waals surface area contributed by atoms with Crippen LogP contribution in [0.3, 0.4) is 0 Å². The first-order valence-corrected chi connectivity index (χ1v) is 28.6. The predicted octanol–water partition coefficient (Wildman–Crippen LogP) is 6.91. The number of rotatable bonds is 24. The van der Waals surface area contributed by atoms with Crippen molar-refractivity contribution in [3.8, 4) is 11.5 Å². The first-order chi connectivity index (χ1) is 32.9. The summed E-state index contributed by atoms with van der Waals surface area (Å²) in [4.78, 5) is 12.3. The Labute approximate surface area is 417 Å². The van der Waals surface area contributed by atoms with Gasteiger partial charge in [0.2, 0.25) is 5.95 Å². The van der Waals surface area contributed by atoms with Gasteiger partial charge in [0.25, 0.3) is 50.6 Å². The molecule has 0 bridgehead atoms. The van der Waals surface area contributed by atoms with E-state index in [2.05, 4.69) is 40.7 Å². The number of hydrogen-bond donors (Lipinski definition) is 6.